The molecule has 1 aliphatic heterocycles. The van der Waals surface area contributed by atoms with Crippen molar-refractivity contribution < 1.29 is 14.0 Å². The molecule has 5 rings (SSSR count). The molecule has 1 saturated heterocycles. The third kappa shape index (κ3) is 5.91. The third-order valence-electron chi connectivity index (χ3n) is 8.45. The van der Waals surface area contributed by atoms with Gasteiger partial charge in [0.2, 0.25) is 0 Å². The summed E-state index contributed by atoms with van der Waals surface area (Å²) < 4.78 is 14.0. The molecule has 0 saturated carbocycles. The lowest BCUT2D eigenvalue weighted by atomic mass is 9.73. The Kier molecular flexibility index (Phi) is 8.14. The predicted molar refractivity (Wildman–Crippen MR) is 155 cm³/mol. The number of Topliss-reactive ketones (excluding diaryl/α,β-unsaturated/α-hetero) is 1. The lowest BCUT2D eigenvalue weighted by molar-refractivity contribution is 0.0777. The van der Waals surface area contributed by atoms with Crippen molar-refractivity contribution in [2.24, 2.45) is 0 Å². The summed E-state index contributed by atoms with van der Waals surface area (Å²) in [6.07, 6.45) is 3.35. The minimum Gasteiger partial charge on any atom is -0.341 e. The molecule has 0 bridgehead atoms. The highest BCUT2D eigenvalue weighted by molar-refractivity contribution is 6.42. The van der Waals surface area contributed by atoms with Crippen molar-refractivity contribution >= 4 is 34.9 Å². The maximum Gasteiger partial charge on any atom is 0.253 e. The van der Waals surface area contributed by atoms with Crippen molar-refractivity contribution in [3.8, 4) is 0 Å². The van der Waals surface area contributed by atoms with Gasteiger partial charge in [0.15, 0.2) is 5.78 Å². The second kappa shape index (κ2) is 11.4. The average Bonchev–Trinajstić information content (AvgIpc) is 3.19. The Morgan fingerprint density at radius 1 is 1.05 bits per heavy atom. The fourth-order valence-corrected chi connectivity index (χ4v) is 6.61. The molecule has 0 unspecified atom stereocenters. The monoisotopic (exact) mass is 566 g/mol. The van der Waals surface area contributed by atoms with Crippen LogP contribution in [-0.4, -0.2) is 54.7 Å². The van der Waals surface area contributed by atoms with Gasteiger partial charge in [0.25, 0.3) is 5.91 Å². The number of carbonyl (C=O) groups is 2. The molecule has 1 aliphatic carbocycles. The van der Waals surface area contributed by atoms with Crippen LogP contribution in [-0.2, 0) is 5.41 Å². The number of piperidine rings is 1. The highest BCUT2D eigenvalue weighted by Gasteiger charge is 2.44. The first-order valence-corrected chi connectivity index (χ1v) is 14.2. The van der Waals surface area contributed by atoms with Crippen LogP contribution >= 0.6 is 23.2 Å². The van der Waals surface area contributed by atoms with Gasteiger partial charge in [0.1, 0.15) is 5.82 Å². The molecule has 3 aromatic rings. The van der Waals surface area contributed by atoms with Gasteiger partial charge < -0.3 is 9.80 Å². The van der Waals surface area contributed by atoms with Gasteiger partial charge in [0.05, 0.1) is 10.0 Å². The van der Waals surface area contributed by atoms with E-state index in [0.29, 0.717) is 34.1 Å². The fraction of sp³-hybridized carbons (Fsp3) is 0.375. The van der Waals surface area contributed by atoms with Gasteiger partial charge in [0, 0.05) is 42.5 Å². The Morgan fingerprint density at radius 2 is 1.79 bits per heavy atom. The summed E-state index contributed by atoms with van der Waals surface area (Å²) in [5.41, 5.74) is 4.15. The number of amides is 1. The molecule has 1 heterocycles. The zero-order valence-electron chi connectivity index (χ0n) is 22.4. The van der Waals surface area contributed by atoms with Crippen LogP contribution in [0.2, 0.25) is 10.0 Å². The van der Waals surface area contributed by atoms with E-state index in [2.05, 4.69) is 11.0 Å². The second-order valence-electron chi connectivity index (χ2n) is 11.1. The summed E-state index contributed by atoms with van der Waals surface area (Å²) >= 11 is 12.6. The zero-order valence-corrected chi connectivity index (χ0v) is 23.9. The van der Waals surface area contributed by atoms with Crippen molar-refractivity contribution in [2.45, 2.75) is 43.9 Å². The smallest absolute Gasteiger partial charge is 0.253 e. The van der Waals surface area contributed by atoms with Gasteiger partial charge in [-0.15, -0.1) is 0 Å². The molecular formula is C32H33Cl2FN2O2. The van der Waals surface area contributed by atoms with E-state index in [1.807, 2.05) is 30.3 Å². The van der Waals surface area contributed by atoms with Crippen LogP contribution in [0.5, 0.6) is 0 Å². The average molecular weight is 568 g/mol. The van der Waals surface area contributed by atoms with E-state index in [9.17, 15) is 14.0 Å². The van der Waals surface area contributed by atoms with E-state index in [0.717, 1.165) is 50.0 Å². The predicted octanol–water partition coefficient (Wildman–Crippen LogP) is 7.31. The van der Waals surface area contributed by atoms with E-state index in [1.54, 1.807) is 31.0 Å². The summed E-state index contributed by atoms with van der Waals surface area (Å²) in [4.78, 5) is 30.0. The van der Waals surface area contributed by atoms with Crippen LogP contribution < -0.4 is 0 Å². The van der Waals surface area contributed by atoms with Gasteiger partial charge in [-0.2, -0.15) is 0 Å². The van der Waals surface area contributed by atoms with Crippen molar-refractivity contribution in [1.82, 2.24) is 9.80 Å². The van der Waals surface area contributed by atoms with Crippen LogP contribution in [0.3, 0.4) is 0 Å². The number of fused-ring (bicyclic) bond motifs is 2. The van der Waals surface area contributed by atoms with Crippen molar-refractivity contribution in [2.75, 3.05) is 33.2 Å². The lowest BCUT2D eigenvalue weighted by Gasteiger charge is -2.40. The van der Waals surface area contributed by atoms with Crippen molar-refractivity contribution in [3.63, 3.8) is 0 Å². The molecule has 204 valence electrons. The quantitative estimate of drug-likeness (QED) is 0.301. The van der Waals surface area contributed by atoms with E-state index < -0.39 is 5.82 Å². The van der Waals surface area contributed by atoms with E-state index in [1.165, 1.54) is 17.7 Å². The summed E-state index contributed by atoms with van der Waals surface area (Å²) in [5.74, 6) is -0.345. The van der Waals surface area contributed by atoms with Crippen LogP contribution in [0.15, 0.2) is 60.7 Å². The van der Waals surface area contributed by atoms with E-state index in [4.69, 9.17) is 23.2 Å². The number of hydrogen-bond donors (Lipinski definition) is 0. The van der Waals surface area contributed by atoms with Gasteiger partial charge >= 0.3 is 0 Å². The fourth-order valence-electron chi connectivity index (χ4n) is 6.30. The number of aryl methyl sites for hydroxylation is 1. The normalized spacial score (nSPS) is 17.3. The molecule has 7 heteroatoms. The number of hydrogen-bond acceptors (Lipinski definition) is 3. The van der Waals surface area contributed by atoms with Gasteiger partial charge in [-0.25, -0.2) is 4.39 Å². The second-order valence-corrected chi connectivity index (χ2v) is 11.9. The number of halogens is 3. The number of likely N-dealkylation sites (tertiary alicyclic amines) is 1. The highest BCUT2D eigenvalue weighted by Crippen LogP contribution is 2.46. The standard InChI is InChI=1S/C32H33Cl2FN2O2/c1-21-15-24(17-25(35)16-21)31(39)36(2)20-23(22-7-8-28(33)29(34)18-22)9-12-37-13-10-32(11-14-37)19-30(38)26-5-3-4-6-27(26)32/h3-8,15-18,23H,9-14,19-20H2,1-2H3/t23-/m1/s1. The number of rotatable bonds is 7. The molecule has 39 heavy (non-hydrogen) atoms. The third-order valence-corrected chi connectivity index (χ3v) is 9.19. The molecular weight excluding hydrogens is 534 g/mol. The summed E-state index contributed by atoms with van der Waals surface area (Å²) in [6, 6.07) is 18.1. The number of nitrogens with zero attached hydrogens (tertiary/aromatic N) is 2. The first-order valence-electron chi connectivity index (χ1n) is 13.5. The van der Waals surface area contributed by atoms with Crippen LogP contribution in [0.1, 0.15) is 69.0 Å². The molecule has 1 atom stereocenters. The van der Waals surface area contributed by atoms with Crippen LogP contribution in [0.4, 0.5) is 4.39 Å². The number of benzene rings is 3. The molecule has 1 fully saturated rings. The van der Waals surface area contributed by atoms with Crippen LogP contribution in [0, 0.1) is 12.7 Å². The Labute approximate surface area is 239 Å². The first-order chi connectivity index (χ1) is 18.6. The summed E-state index contributed by atoms with van der Waals surface area (Å²) in [6.45, 7) is 4.95. The lowest BCUT2D eigenvalue weighted by Crippen LogP contribution is -2.42. The Bertz CT molecular complexity index is 1380. The minimum absolute atomic E-state index is 0.0213. The van der Waals surface area contributed by atoms with Crippen LogP contribution in [0.25, 0.3) is 0 Å². The molecule has 2 aliphatic rings. The highest BCUT2D eigenvalue weighted by atomic mass is 35.5. The number of ketones is 1. The van der Waals surface area contributed by atoms with Crippen molar-refractivity contribution in [3.05, 3.63) is 104 Å². The van der Waals surface area contributed by atoms with Crippen molar-refractivity contribution in [1.29, 1.82) is 0 Å². The molecule has 4 nitrogen and oxygen atoms in total. The zero-order chi connectivity index (χ0) is 27.7. The Balaban J connectivity index is 1.28. The SMILES string of the molecule is Cc1cc(F)cc(C(=O)N(C)C[C@@H](CCN2CCC3(CC2)CC(=O)c2ccccc23)c2ccc(Cl)c(Cl)c2)c1. The molecule has 0 aromatic heterocycles. The molecule has 1 amide bonds. The minimum atomic E-state index is -0.415. The maximum absolute atomic E-state index is 14.0. The van der Waals surface area contributed by atoms with Gasteiger partial charge in [-0.1, -0.05) is 53.5 Å². The van der Waals surface area contributed by atoms with Gasteiger partial charge in [-0.05, 0) is 92.8 Å². The molecule has 0 N–H and O–H groups in total. The summed E-state index contributed by atoms with van der Waals surface area (Å²) in [5, 5.41) is 0.977. The molecule has 3 aromatic carbocycles. The Morgan fingerprint density at radius 3 is 2.51 bits per heavy atom. The molecule has 0 radical (unpaired) electrons. The molecule has 1 spiro atoms. The summed E-state index contributed by atoms with van der Waals surface area (Å²) in [7, 11) is 1.76. The van der Waals surface area contributed by atoms with E-state index >= 15 is 0 Å². The van der Waals surface area contributed by atoms with Gasteiger partial charge in [-0.3, -0.25) is 9.59 Å². The largest absolute Gasteiger partial charge is 0.341 e. The number of carbonyl (C=O) groups excluding carboxylic acids is 2. The maximum atomic E-state index is 14.0. The Hall–Kier alpha value is -2.73. The first kappa shape index (κ1) is 27.8. The van der Waals surface area contributed by atoms with E-state index in [-0.39, 0.29) is 23.0 Å². The number of likely N-dealkylation sites (N-methyl/N-ethyl adjacent to an activating group) is 1. The topological polar surface area (TPSA) is 40.6 Å².